The van der Waals surface area contributed by atoms with E-state index < -0.39 is 32.7 Å². The molecular weight excluding hydrogens is 492 g/mol. The lowest BCUT2D eigenvalue weighted by Gasteiger charge is -2.27. The van der Waals surface area contributed by atoms with Crippen LogP contribution in [0, 0.1) is 20.2 Å². The summed E-state index contributed by atoms with van der Waals surface area (Å²) in [5.74, 6) is -0.669. The molecule has 0 aliphatic rings. The number of nitrogens with one attached hydrogen (secondary N) is 1. The first kappa shape index (κ1) is 25.7. The lowest BCUT2D eigenvalue weighted by atomic mass is 9.85. The number of non-ortho nitro benzene ring substituents is 1. The van der Waals surface area contributed by atoms with Crippen molar-refractivity contribution in [2.24, 2.45) is 5.10 Å². The van der Waals surface area contributed by atoms with Crippen LogP contribution in [0.4, 0.5) is 11.4 Å². The van der Waals surface area contributed by atoms with Gasteiger partial charge in [-0.05, 0) is 47.0 Å². The number of ether oxygens (including phenoxy) is 1. The maximum atomic E-state index is 13.1. The fourth-order valence-corrected chi connectivity index (χ4v) is 3.63. The molecule has 0 saturated carbocycles. The Balaban J connectivity index is 1.48. The molecule has 11 nitrogen and oxygen atoms in total. The molecule has 38 heavy (non-hydrogen) atoms. The summed E-state index contributed by atoms with van der Waals surface area (Å²) < 4.78 is 5.53. The molecule has 1 amide bonds. The van der Waals surface area contributed by atoms with Crippen LogP contribution in [0.1, 0.15) is 16.7 Å². The molecule has 4 aromatic rings. The predicted molar refractivity (Wildman–Crippen MR) is 138 cm³/mol. The fourth-order valence-electron chi connectivity index (χ4n) is 3.63. The lowest BCUT2D eigenvalue weighted by Crippen LogP contribution is -2.43. The number of carbonyl (C=O) groups excluding carboxylic acids is 1. The van der Waals surface area contributed by atoms with Gasteiger partial charge in [-0.15, -0.1) is 0 Å². The summed E-state index contributed by atoms with van der Waals surface area (Å²) in [5, 5.41) is 37.6. The topological polar surface area (TPSA) is 157 Å². The van der Waals surface area contributed by atoms with E-state index in [9.17, 15) is 30.1 Å². The summed E-state index contributed by atoms with van der Waals surface area (Å²) in [6.45, 7) is 0. The third-order valence-corrected chi connectivity index (χ3v) is 5.55. The minimum atomic E-state index is -1.98. The quantitative estimate of drug-likeness (QED) is 0.187. The molecule has 0 atom stereocenters. The van der Waals surface area contributed by atoms with Gasteiger partial charge in [0.1, 0.15) is 5.75 Å². The van der Waals surface area contributed by atoms with E-state index in [1.807, 2.05) is 0 Å². The maximum Gasteiger partial charge on any atom is 0.318 e. The minimum Gasteiger partial charge on any atom is -0.450 e. The molecule has 0 aliphatic heterocycles. The molecule has 0 bridgehead atoms. The van der Waals surface area contributed by atoms with E-state index in [-0.39, 0.29) is 11.5 Å². The largest absolute Gasteiger partial charge is 0.450 e. The van der Waals surface area contributed by atoms with E-state index in [0.717, 1.165) is 18.2 Å². The van der Waals surface area contributed by atoms with Crippen molar-refractivity contribution in [1.82, 2.24) is 5.43 Å². The highest BCUT2D eigenvalue weighted by Gasteiger charge is 2.39. The summed E-state index contributed by atoms with van der Waals surface area (Å²) in [6.07, 6.45) is 1.35. The molecule has 11 heteroatoms. The van der Waals surface area contributed by atoms with Crippen LogP contribution in [-0.2, 0) is 10.4 Å². The third kappa shape index (κ3) is 5.53. The minimum absolute atomic E-state index is 0.157. The van der Waals surface area contributed by atoms with Crippen LogP contribution in [0.15, 0.2) is 108 Å². The van der Waals surface area contributed by atoms with Crippen molar-refractivity contribution in [3.8, 4) is 11.5 Å². The standard InChI is InChI=1S/C27H20N4O7/c32-26(27(33,20-7-3-1-4-8-20)21-9-5-2-6-10-21)29-28-18-19-11-14-23(15-12-19)38-25-16-13-22(30(34)35)17-24(25)31(36)37/h1-18,33H,(H,29,32)/b28-18-. The number of nitro groups is 2. The smallest absolute Gasteiger partial charge is 0.318 e. The van der Waals surface area contributed by atoms with Crippen molar-refractivity contribution < 1.29 is 24.5 Å². The van der Waals surface area contributed by atoms with Crippen molar-refractivity contribution >= 4 is 23.5 Å². The van der Waals surface area contributed by atoms with Gasteiger partial charge < -0.3 is 9.84 Å². The van der Waals surface area contributed by atoms with Crippen LogP contribution >= 0.6 is 0 Å². The molecule has 4 aromatic carbocycles. The molecule has 0 fully saturated rings. The molecule has 190 valence electrons. The van der Waals surface area contributed by atoms with Crippen LogP contribution in [-0.4, -0.2) is 27.1 Å². The Bertz CT molecular complexity index is 1450. The molecule has 0 heterocycles. The van der Waals surface area contributed by atoms with E-state index in [4.69, 9.17) is 4.74 Å². The predicted octanol–water partition coefficient (Wildman–Crippen LogP) is 4.68. The first-order valence-corrected chi connectivity index (χ1v) is 11.2. The summed E-state index contributed by atoms with van der Waals surface area (Å²) in [7, 11) is 0. The molecule has 0 radical (unpaired) electrons. The van der Waals surface area contributed by atoms with Crippen molar-refractivity contribution in [3.05, 3.63) is 140 Å². The Morgan fingerprint density at radius 1 is 0.842 bits per heavy atom. The van der Waals surface area contributed by atoms with E-state index >= 15 is 0 Å². The number of hydrazone groups is 1. The van der Waals surface area contributed by atoms with Gasteiger partial charge >= 0.3 is 5.69 Å². The van der Waals surface area contributed by atoms with Gasteiger partial charge in [-0.2, -0.15) is 5.10 Å². The van der Waals surface area contributed by atoms with Crippen molar-refractivity contribution in [1.29, 1.82) is 0 Å². The molecule has 2 N–H and O–H groups in total. The first-order valence-electron chi connectivity index (χ1n) is 11.2. The Morgan fingerprint density at radius 2 is 1.42 bits per heavy atom. The zero-order valence-corrected chi connectivity index (χ0v) is 19.6. The Morgan fingerprint density at radius 3 is 1.95 bits per heavy atom. The Hall–Kier alpha value is -5.42. The van der Waals surface area contributed by atoms with Crippen molar-refractivity contribution in [2.45, 2.75) is 5.60 Å². The molecule has 0 saturated heterocycles. The SMILES string of the molecule is O=C(N/N=C\c1ccc(Oc2ccc([N+](=O)[O-])cc2[N+](=O)[O-])cc1)C(O)(c1ccccc1)c1ccccc1. The number of nitro benzene ring substituents is 2. The second kappa shape index (κ2) is 11.1. The Kier molecular flexibility index (Phi) is 7.50. The molecule has 0 aromatic heterocycles. The summed E-state index contributed by atoms with van der Waals surface area (Å²) >= 11 is 0. The summed E-state index contributed by atoms with van der Waals surface area (Å²) in [6, 6.07) is 26.3. The number of aliphatic hydroxyl groups is 1. The fraction of sp³-hybridized carbons (Fsp3) is 0.0370. The van der Waals surface area contributed by atoms with Gasteiger partial charge in [0.25, 0.3) is 11.6 Å². The average molecular weight is 512 g/mol. The average Bonchev–Trinajstić information content (AvgIpc) is 2.94. The molecule has 0 aliphatic carbocycles. The van der Waals surface area contributed by atoms with Crippen molar-refractivity contribution in [3.63, 3.8) is 0 Å². The van der Waals surface area contributed by atoms with Crippen LogP contribution < -0.4 is 10.2 Å². The highest BCUT2D eigenvalue weighted by Crippen LogP contribution is 2.34. The van der Waals surface area contributed by atoms with Crippen LogP contribution in [0.5, 0.6) is 11.5 Å². The number of carbonyl (C=O) groups is 1. The van der Waals surface area contributed by atoms with Crippen molar-refractivity contribution in [2.75, 3.05) is 0 Å². The second-order valence-corrected chi connectivity index (χ2v) is 7.98. The van der Waals surface area contributed by atoms with Gasteiger partial charge in [0, 0.05) is 6.07 Å². The maximum absolute atomic E-state index is 13.1. The number of hydrogen-bond donors (Lipinski definition) is 2. The number of hydrogen-bond acceptors (Lipinski definition) is 8. The van der Waals surface area contributed by atoms with Gasteiger partial charge in [-0.3, -0.25) is 25.0 Å². The third-order valence-electron chi connectivity index (χ3n) is 5.55. The number of benzene rings is 4. The van der Waals surface area contributed by atoms with Gasteiger partial charge in [0.2, 0.25) is 5.75 Å². The normalized spacial score (nSPS) is 11.2. The molecule has 0 spiro atoms. The zero-order valence-electron chi connectivity index (χ0n) is 19.6. The molecular formula is C27H20N4O7. The Labute approximate surface area is 215 Å². The summed E-state index contributed by atoms with van der Waals surface area (Å²) in [4.78, 5) is 33.8. The van der Waals surface area contributed by atoms with E-state index in [1.165, 1.54) is 18.3 Å². The molecule has 0 unspecified atom stereocenters. The first-order chi connectivity index (χ1) is 18.3. The van der Waals surface area contributed by atoms with E-state index in [2.05, 4.69) is 10.5 Å². The van der Waals surface area contributed by atoms with E-state index in [1.54, 1.807) is 72.8 Å². The van der Waals surface area contributed by atoms with Gasteiger partial charge in [-0.25, -0.2) is 5.43 Å². The van der Waals surface area contributed by atoms with Crippen LogP contribution in [0.3, 0.4) is 0 Å². The van der Waals surface area contributed by atoms with Gasteiger partial charge in [0.15, 0.2) is 5.60 Å². The van der Waals surface area contributed by atoms with Crippen LogP contribution in [0.2, 0.25) is 0 Å². The number of amides is 1. The highest BCUT2D eigenvalue weighted by molar-refractivity contribution is 5.91. The second-order valence-electron chi connectivity index (χ2n) is 7.98. The number of rotatable bonds is 9. The van der Waals surface area contributed by atoms with Gasteiger partial charge in [0.05, 0.1) is 22.1 Å². The number of nitrogens with zero attached hydrogens (tertiary/aromatic N) is 3. The van der Waals surface area contributed by atoms with Crippen LogP contribution in [0.25, 0.3) is 0 Å². The molecule has 4 rings (SSSR count). The van der Waals surface area contributed by atoms with Gasteiger partial charge in [-0.1, -0.05) is 60.7 Å². The highest BCUT2D eigenvalue weighted by atomic mass is 16.6. The van der Waals surface area contributed by atoms with E-state index in [0.29, 0.717) is 16.7 Å². The zero-order chi connectivity index (χ0) is 27.1. The lowest BCUT2D eigenvalue weighted by molar-refractivity contribution is -0.394. The monoisotopic (exact) mass is 512 g/mol. The summed E-state index contributed by atoms with van der Waals surface area (Å²) in [5.41, 5.74) is 0.736.